The number of rotatable bonds is 4. The molecule has 1 aliphatic rings. The van der Waals surface area contributed by atoms with Crippen LogP contribution in [0.2, 0.25) is 13.1 Å². The second kappa shape index (κ2) is 6.51. The van der Waals surface area contributed by atoms with E-state index in [-0.39, 0.29) is 11.6 Å². The summed E-state index contributed by atoms with van der Waals surface area (Å²) in [6, 6.07) is 6.31. The highest BCUT2D eigenvalue weighted by molar-refractivity contribution is 6.48. The number of anilines is 1. The summed E-state index contributed by atoms with van der Waals surface area (Å²) < 4.78 is 6.31. The molecule has 1 radical (unpaired) electrons. The molecular weight excluding hydrogens is 276 g/mol. The quantitative estimate of drug-likeness (QED) is 0.681. The summed E-state index contributed by atoms with van der Waals surface area (Å²) in [5.41, 5.74) is 9.88. The average molecular weight is 306 g/mol. The third kappa shape index (κ3) is 4.83. The third-order valence-corrected chi connectivity index (χ3v) is 4.58. The molecule has 1 unspecified atom stereocenters. The molecule has 1 aromatic carbocycles. The highest BCUT2D eigenvalue weighted by Crippen LogP contribution is 2.29. The van der Waals surface area contributed by atoms with Crippen molar-refractivity contribution in [3.8, 4) is 0 Å². The van der Waals surface area contributed by atoms with Gasteiger partial charge in [-0.1, -0.05) is 26.8 Å². The largest absolute Gasteiger partial charge is 0.402 e. The SMILES string of the molecule is C[Si](C)OC(CC(C)(C)C)N1CCc2ccc(N)cc2C1. The summed E-state index contributed by atoms with van der Waals surface area (Å²) in [6.45, 7) is 13.3. The number of fused-ring (bicyclic) bond motifs is 1. The van der Waals surface area contributed by atoms with Crippen molar-refractivity contribution < 1.29 is 4.43 Å². The zero-order valence-electron chi connectivity index (χ0n) is 14.1. The zero-order valence-corrected chi connectivity index (χ0v) is 15.1. The maximum Gasteiger partial charge on any atom is 0.207 e. The fraction of sp³-hybridized carbons (Fsp3) is 0.647. The van der Waals surface area contributed by atoms with Crippen LogP contribution < -0.4 is 5.73 Å². The van der Waals surface area contributed by atoms with Gasteiger partial charge in [-0.2, -0.15) is 0 Å². The Balaban J connectivity index is 2.14. The molecule has 2 rings (SSSR count). The molecule has 0 bridgehead atoms. The van der Waals surface area contributed by atoms with Crippen molar-refractivity contribution in [3.63, 3.8) is 0 Å². The van der Waals surface area contributed by atoms with Crippen LogP contribution in [0.4, 0.5) is 5.69 Å². The van der Waals surface area contributed by atoms with Gasteiger partial charge in [0.15, 0.2) is 0 Å². The van der Waals surface area contributed by atoms with E-state index in [0.717, 1.165) is 31.6 Å². The Labute approximate surface area is 131 Å². The van der Waals surface area contributed by atoms with Gasteiger partial charge in [-0.05, 0) is 54.6 Å². The highest BCUT2D eigenvalue weighted by atomic mass is 28.3. The molecule has 3 nitrogen and oxygen atoms in total. The molecule has 0 aliphatic carbocycles. The van der Waals surface area contributed by atoms with Crippen molar-refractivity contribution >= 4 is 14.7 Å². The van der Waals surface area contributed by atoms with Gasteiger partial charge in [0.1, 0.15) is 0 Å². The summed E-state index contributed by atoms with van der Waals surface area (Å²) >= 11 is 0. The molecule has 117 valence electrons. The monoisotopic (exact) mass is 305 g/mol. The zero-order chi connectivity index (χ0) is 15.6. The fourth-order valence-electron chi connectivity index (χ4n) is 2.89. The van der Waals surface area contributed by atoms with Crippen LogP contribution in [-0.2, 0) is 17.4 Å². The normalized spacial score (nSPS) is 17.8. The van der Waals surface area contributed by atoms with Crippen molar-refractivity contribution in [2.45, 2.75) is 59.5 Å². The Morgan fingerprint density at radius 3 is 2.62 bits per heavy atom. The maximum absolute atomic E-state index is 6.31. The van der Waals surface area contributed by atoms with Crippen molar-refractivity contribution in [1.82, 2.24) is 4.90 Å². The van der Waals surface area contributed by atoms with E-state index in [0.29, 0.717) is 0 Å². The van der Waals surface area contributed by atoms with Crippen LogP contribution in [0.1, 0.15) is 38.3 Å². The average Bonchev–Trinajstić information content (AvgIpc) is 2.34. The Morgan fingerprint density at radius 1 is 1.29 bits per heavy atom. The molecule has 0 spiro atoms. The second-order valence-corrected chi connectivity index (χ2v) is 9.55. The van der Waals surface area contributed by atoms with E-state index in [9.17, 15) is 0 Å². The minimum Gasteiger partial charge on any atom is -0.402 e. The number of nitrogens with two attached hydrogens (primary N) is 1. The lowest BCUT2D eigenvalue weighted by molar-refractivity contribution is -0.0136. The van der Waals surface area contributed by atoms with Crippen LogP contribution in [-0.4, -0.2) is 26.7 Å². The third-order valence-electron chi connectivity index (χ3n) is 3.84. The van der Waals surface area contributed by atoms with Crippen LogP contribution in [0.3, 0.4) is 0 Å². The number of benzene rings is 1. The summed E-state index contributed by atoms with van der Waals surface area (Å²) in [4.78, 5) is 2.49. The van der Waals surface area contributed by atoms with Gasteiger partial charge in [-0.3, -0.25) is 4.90 Å². The molecule has 0 saturated heterocycles. The second-order valence-electron chi connectivity index (χ2n) is 7.49. The number of hydrogen-bond acceptors (Lipinski definition) is 3. The van der Waals surface area contributed by atoms with Crippen molar-refractivity contribution in [3.05, 3.63) is 29.3 Å². The molecule has 2 N–H and O–H groups in total. The first-order valence-corrected chi connectivity index (χ1v) is 10.2. The first kappa shape index (κ1) is 16.5. The van der Waals surface area contributed by atoms with Gasteiger partial charge in [0.05, 0.1) is 6.23 Å². The summed E-state index contributed by atoms with van der Waals surface area (Å²) in [5, 5.41) is 0. The lowest BCUT2D eigenvalue weighted by Gasteiger charge is -2.39. The first-order valence-electron chi connectivity index (χ1n) is 7.83. The van der Waals surface area contributed by atoms with Gasteiger partial charge >= 0.3 is 0 Å². The number of hydrogen-bond donors (Lipinski definition) is 1. The van der Waals surface area contributed by atoms with Crippen molar-refractivity contribution in [2.24, 2.45) is 5.41 Å². The molecule has 4 heteroatoms. The lowest BCUT2D eigenvalue weighted by atomic mass is 9.90. The van der Waals surface area contributed by atoms with Gasteiger partial charge < -0.3 is 10.2 Å². The van der Waals surface area contributed by atoms with Gasteiger partial charge in [0, 0.05) is 18.8 Å². The lowest BCUT2D eigenvalue weighted by Crippen LogP contribution is -2.44. The van der Waals surface area contributed by atoms with E-state index in [1.54, 1.807) is 0 Å². The van der Waals surface area contributed by atoms with Gasteiger partial charge in [-0.15, -0.1) is 0 Å². The predicted molar refractivity (Wildman–Crippen MR) is 91.4 cm³/mol. The smallest absolute Gasteiger partial charge is 0.207 e. The molecule has 21 heavy (non-hydrogen) atoms. The van der Waals surface area contributed by atoms with Gasteiger partial charge in [0.25, 0.3) is 0 Å². The molecule has 1 atom stereocenters. The van der Waals surface area contributed by atoms with E-state index in [2.05, 4.69) is 50.9 Å². The molecule has 1 heterocycles. The maximum atomic E-state index is 6.31. The van der Waals surface area contributed by atoms with E-state index in [1.165, 1.54) is 11.1 Å². The molecule has 0 saturated carbocycles. The molecule has 0 amide bonds. The number of nitrogen functional groups attached to an aromatic ring is 1. The topological polar surface area (TPSA) is 38.5 Å². The summed E-state index contributed by atoms with van der Waals surface area (Å²) in [6.07, 6.45) is 2.39. The van der Waals surface area contributed by atoms with Gasteiger partial charge in [-0.25, -0.2) is 0 Å². The highest BCUT2D eigenvalue weighted by Gasteiger charge is 2.28. The van der Waals surface area contributed by atoms with Crippen LogP contribution in [0.25, 0.3) is 0 Å². The van der Waals surface area contributed by atoms with E-state index in [4.69, 9.17) is 10.2 Å². The van der Waals surface area contributed by atoms with Crippen LogP contribution >= 0.6 is 0 Å². The molecular formula is C17H29N2OSi. The van der Waals surface area contributed by atoms with Crippen molar-refractivity contribution in [1.29, 1.82) is 0 Å². The molecule has 1 aromatic rings. The van der Waals surface area contributed by atoms with Crippen LogP contribution in [0.15, 0.2) is 18.2 Å². The summed E-state index contributed by atoms with van der Waals surface area (Å²) in [7, 11) is -0.704. The fourth-order valence-corrected chi connectivity index (χ4v) is 3.66. The van der Waals surface area contributed by atoms with Crippen LogP contribution in [0.5, 0.6) is 0 Å². The van der Waals surface area contributed by atoms with Crippen molar-refractivity contribution in [2.75, 3.05) is 12.3 Å². The Morgan fingerprint density at radius 2 is 2.00 bits per heavy atom. The van der Waals surface area contributed by atoms with E-state index in [1.807, 2.05) is 6.07 Å². The molecule has 0 aromatic heterocycles. The summed E-state index contributed by atoms with van der Waals surface area (Å²) in [5.74, 6) is 0. The molecule has 1 aliphatic heterocycles. The predicted octanol–water partition coefficient (Wildman–Crippen LogP) is 3.66. The standard InChI is InChI=1S/C17H29N2OSi/c1-17(2,3)11-16(20-21(4)5)19-9-8-13-6-7-15(18)10-14(13)12-19/h6-7,10,16H,8-9,11-12,18H2,1-5H3. The van der Waals surface area contributed by atoms with Gasteiger partial charge in [0.2, 0.25) is 9.04 Å². The van der Waals surface area contributed by atoms with Crippen LogP contribution in [0, 0.1) is 5.41 Å². The Kier molecular flexibility index (Phi) is 5.12. The Bertz CT molecular complexity index is 482. The molecule has 0 fully saturated rings. The van der Waals surface area contributed by atoms with E-state index < -0.39 is 9.04 Å². The minimum absolute atomic E-state index is 0.225. The van der Waals surface area contributed by atoms with E-state index >= 15 is 0 Å². The minimum atomic E-state index is -0.704. The number of nitrogens with zero attached hydrogens (tertiary/aromatic N) is 1. The Hall–Kier alpha value is -0.843. The first-order chi connectivity index (χ1) is 9.74.